The van der Waals surface area contributed by atoms with Crippen molar-refractivity contribution in [1.29, 1.82) is 5.41 Å². The third-order valence-electron chi connectivity index (χ3n) is 4.85. The summed E-state index contributed by atoms with van der Waals surface area (Å²) in [6.07, 6.45) is 2.60. The third kappa shape index (κ3) is 5.98. The second-order valence-corrected chi connectivity index (χ2v) is 7.72. The number of rotatable bonds is 8. The summed E-state index contributed by atoms with van der Waals surface area (Å²) in [5.74, 6) is 0.639. The van der Waals surface area contributed by atoms with Crippen molar-refractivity contribution >= 4 is 23.2 Å². The first-order chi connectivity index (χ1) is 13.1. The molecule has 1 heterocycles. The van der Waals surface area contributed by atoms with Gasteiger partial charge in [0.2, 0.25) is 5.90 Å². The van der Waals surface area contributed by atoms with Crippen molar-refractivity contribution < 1.29 is 4.74 Å². The molecule has 0 saturated carbocycles. The second-order valence-electron chi connectivity index (χ2n) is 7.28. The van der Waals surface area contributed by atoms with Gasteiger partial charge in [-0.25, -0.2) is 0 Å². The highest BCUT2D eigenvalue weighted by atomic mass is 35.5. The van der Waals surface area contributed by atoms with Crippen LogP contribution in [0.2, 0.25) is 5.02 Å². The molecule has 3 rings (SSSR count). The summed E-state index contributed by atoms with van der Waals surface area (Å²) in [4.78, 5) is 2.49. The van der Waals surface area contributed by atoms with Gasteiger partial charge in [-0.3, -0.25) is 5.41 Å². The summed E-state index contributed by atoms with van der Waals surface area (Å²) in [6, 6.07) is 15.6. The van der Waals surface area contributed by atoms with Crippen LogP contribution in [0.4, 0.5) is 5.69 Å². The molecule has 2 aromatic rings. The molecule has 1 unspecified atom stereocenters. The van der Waals surface area contributed by atoms with E-state index in [9.17, 15) is 0 Å². The van der Waals surface area contributed by atoms with Crippen LogP contribution in [0.25, 0.3) is 0 Å². The Morgan fingerprint density at radius 3 is 2.59 bits per heavy atom. The number of nitrogens with zero attached hydrogens (tertiary/aromatic N) is 1. The molecule has 0 spiro atoms. The molecule has 2 N–H and O–H groups in total. The van der Waals surface area contributed by atoms with Crippen LogP contribution in [-0.4, -0.2) is 37.0 Å². The number of para-hydroxylation sites is 1. The van der Waals surface area contributed by atoms with E-state index < -0.39 is 0 Å². The maximum Gasteiger partial charge on any atom is 0.215 e. The molecule has 1 fully saturated rings. The Hall–Kier alpha value is -2.04. The van der Waals surface area contributed by atoms with Crippen molar-refractivity contribution in [3.63, 3.8) is 0 Å². The largest absolute Gasteiger partial charge is 0.477 e. The van der Waals surface area contributed by atoms with E-state index in [-0.39, 0.29) is 5.90 Å². The second kappa shape index (κ2) is 9.77. The zero-order valence-electron chi connectivity index (χ0n) is 15.9. The Labute approximate surface area is 167 Å². The average molecular weight is 386 g/mol. The van der Waals surface area contributed by atoms with Gasteiger partial charge in [0.05, 0.1) is 12.2 Å². The lowest BCUT2D eigenvalue weighted by molar-refractivity contribution is 0.198. The van der Waals surface area contributed by atoms with E-state index in [4.69, 9.17) is 21.7 Å². The Balaban J connectivity index is 1.53. The Kier molecular flexibility index (Phi) is 7.13. The number of anilines is 1. The van der Waals surface area contributed by atoms with Crippen molar-refractivity contribution in [3.05, 3.63) is 64.7 Å². The fraction of sp³-hybridized carbons (Fsp3) is 0.409. The van der Waals surface area contributed by atoms with E-state index in [0.717, 1.165) is 28.4 Å². The van der Waals surface area contributed by atoms with E-state index in [0.29, 0.717) is 19.1 Å². The van der Waals surface area contributed by atoms with E-state index >= 15 is 0 Å². The number of likely N-dealkylation sites (tertiary alicyclic amines) is 1. The van der Waals surface area contributed by atoms with Gasteiger partial charge >= 0.3 is 0 Å². The van der Waals surface area contributed by atoms with Crippen LogP contribution >= 0.6 is 11.6 Å². The molecular formula is C22H28ClN3O. The van der Waals surface area contributed by atoms with Gasteiger partial charge in [-0.1, -0.05) is 42.8 Å². The lowest BCUT2D eigenvalue weighted by Crippen LogP contribution is -2.28. The van der Waals surface area contributed by atoms with Gasteiger partial charge < -0.3 is 15.0 Å². The lowest BCUT2D eigenvalue weighted by atomic mass is 10.1. The van der Waals surface area contributed by atoms with E-state index in [2.05, 4.69) is 17.1 Å². The van der Waals surface area contributed by atoms with Crippen molar-refractivity contribution in [2.24, 2.45) is 5.92 Å². The lowest BCUT2D eigenvalue weighted by Gasteiger charge is -2.21. The van der Waals surface area contributed by atoms with Crippen LogP contribution in [0.5, 0.6) is 0 Å². The molecule has 0 aliphatic carbocycles. The Bertz CT molecular complexity index is 741. The summed E-state index contributed by atoms with van der Waals surface area (Å²) >= 11 is 5.94. The number of nitrogens with one attached hydrogen (secondary N) is 2. The molecule has 0 bridgehead atoms. The SMILES string of the molecule is CC(COC(=N)c1ccccc1NCc1ccc(Cl)cc1)CN1CCCC1. The zero-order chi connectivity index (χ0) is 19.1. The number of hydrogen-bond donors (Lipinski definition) is 2. The molecular weight excluding hydrogens is 358 g/mol. The van der Waals surface area contributed by atoms with Crippen molar-refractivity contribution in [2.75, 3.05) is 31.6 Å². The molecule has 5 heteroatoms. The molecule has 27 heavy (non-hydrogen) atoms. The summed E-state index contributed by atoms with van der Waals surface area (Å²) in [6.45, 7) is 6.87. The molecule has 144 valence electrons. The smallest absolute Gasteiger partial charge is 0.215 e. The van der Waals surface area contributed by atoms with Crippen molar-refractivity contribution in [2.45, 2.75) is 26.3 Å². The van der Waals surface area contributed by atoms with Crippen LogP contribution in [0.3, 0.4) is 0 Å². The zero-order valence-corrected chi connectivity index (χ0v) is 16.6. The molecule has 0 aromatic heterocycles. The first-order valence-electron chi connectivity index (χ1n) is 9.63. The van der Waals surface area contributed by atoms with Gasteiger partial charge in [-0.2, -0.15) is 0 Å². The highest BCUT2D eigenvalue weighted by Crippen LogP contribution is 2.19. The Morgan fingerprint density at radius 1 is 1.15 bits per heavy atom. The first kappa shape index (κ1) is 19.7. The van der Waals surface area contributed by atoms with Gasteiger partial charge in [-0.15, -0.1) is 0 Å². The highest BCUT2D eigenvalue weighted by molar-refractivity contribution is 6.30. The van der Waals surface area contributed by atoms with Crippen LogP contribution in [0.1, 0.15) is 30.9 Å². The minimum atomic E-state index is 0.225. The maximum atomic E-state index is 8.37. The molecule has 2 aromatic carbocycles. The molecule has 1 saturated heterocycles. The minimum absolute atomic E-state index is 0.225. The Morgan fingerprint density at radius 2 is 1.85 bits per heavy atom. The number of halogens is 1. The van der Waals surface area contributed by atoms with Crippen LogP contribution in [0, 0.1) is 11.3 Å². The summed E-state index contributed by atoms with van der Waals surface area (Å²) in [5.41, 5.74) is 2.84. The molecule has 1 atom stereocenters. The summed E-state index contributed by atoms with van der Waals surface area (Å²) in [7, 11) is 0. The van der Waals surface area contributed by atoms with Gasteiger partial charge in [0, 0.05) is 29.7 Å². The van der Waals surface area contributed by atoms with Gasteiger partial charge in [-0.05, 0) is 55.8 Å². The molecule has 0 radical (unpaired) electrons. The van der Waals surface area contributed by atoms with Gasteiger partial charge in [0.1, 0.15) is 0 Å². The van der Waals surface area contributed by atoms with E-state index in [1.165, 1.54) is 25.9 Å². The molecule has 1 aliphatic heterocycles. The van der Waals surface area contributed by atoms with Gasteiger partial charge in [0.25, 0.3) is 0 Å². The number of benzene rings is 2. The van der Waals surface area contributed by atoms with E-state index in [1.54, 1.807) is 0 Å². The fourth-order valence-electron chi connectivity index (χ4n) is 3.40. The number of hydrogen-bond acceptors (Lipinski definition) is 4. The minimum Gasteiger partial charge on any atom is -0.477 e. The molecule has 4 nitrogen and oxygen atoms in total. The number of ether oxygens (including phenoxy) is 1. The van der Waals surface area contributed by atoms with Crippen LogP contribution in [0.15, 0.2) is 48.5 Å². The van der Waals surface area contributed by atoms with Crippen molar-refractivity contribution in [3.8, 4) is 0 Å². The molecule has 1 aliphatic rings. The van der Waals surface area contributed by atoms with Crippen molar-refractivity contribution in [1.82, 2.24) is 4.90 Å². The molecule has 0 amide bonds. The van der Waals surface area contributed by atoms with E-state index in [1.807, 2.05) is 48.5 Å². The highest BCUT2D eigenvalue weighted by Gasteiger charge is 2.16. The van der Waals surface area contributed by atoms with Crippen LogP contribution in [-0.2, 0) is 11.3 Å². The quantitative estimate of drug-likeness (QED) is 0.495. The summed E-state index contributed by atoms with van der Waals surface area (Å²) in [5, 5.41) is 12.5. The monoisotopic (exact) mass is 385 g/mol. The summed E-state index contributed by atoms with van der Waals surface area (Å²) < 4.78 is 5.81. The van der Waals surface area contributed by atoms with Crippen LogP contribution < -0.4 is 5.32 Å². The predicted octanol–water partition coefficient (Wildman–Crippen LogP) is 5.03. The predicted molar refractivity (Wildman–Crippen MR) is 113 cm³/mol. The average Bonchev–Trinajstić information content (AvgIpc) is 3.19. The topological polar surface area (TPSA) is 48.4 Å². The van der Waals surface area contributed by atoms with Gasteiger partial charge in [0.15, 0.2) is 0 Å². The first-order valence-corrected chi connectivity index (χ1v) is 10.0. The maximum absolute atomic E-state index is 8.37. The normalized spacial score (nSPS) is 15.5. The fourth-order valence-corrected chi connectivity index (χ4v) is 3.52. The standard InChI is InChI=1S/C22H28ClN3O/c1-17(15-26-12-4-5-13-26)16-27-22(24)20-6-2-3-7-21(20)25-14-18-8-10-19(23)11-9-18/h2-3,6-11,17,24-25H,4-5,12-16H2,1H3. The third-order valence-corrected chi connectivity index (χ3v) is 5.10.